The van der Waals surface area contributed by atoms with Gasteiger partial charge in [-0.05, 0) is 75.9 Å². The molecule has 0 saturated carbocycles. The molecule has 5 aromatic carbocycles. The van der Waals surface area contributed by atoms with Gasteiger partial charge in [0.2, 0.25) is 0 Å². The van der Waals surface area contributed by atoms with E-state index in [2.05, 4.69) is 182 Å². The smallest absolute Gasteiger partial charge is 0.457 e. The predicted octanol–water partition coefficient (Wildman–Crippen LogP) is 11.9. The van der Waals surface area contributed by atoms with E-state index in [4.69, 9.17) is 37.2 Å². The number of para-hydroxylation sites is 4. The van der Waals surface area contributed by atoms with Gasteiger partial charge < -0.3 is 42.0 Å². The Morgan fingerprint density at radius 2 is 0.971 bits per heavy atom. The van der Waals surface area contributed by atoms with Gasteiger partial charge in [-0.25, -0.2) is 4.98 Å². The van der Waals surface area contributed by atoms with Crippen LogP contribution < -0.4 is 25.5 Å². The molecule has 348 valence electrons. The van der Waals surface area contributed by atoms with Gasteiger partial charge in [0.15, 0.2) is 0 Å². The summed E-state index contributed by atoms with van der Waals surface area (Å²) in [5.74, 6) is 2.28. The molecule has 17 heteroatoms. The minimum Gasteiger partial charge on any atom is -0.457 e. The number of hydrogen-bond acceptors (Lipinski definition) is 10. The normalized spacial score (nSPS) is 16.3. The molecular weight excluding hydrogens is 857 g/mol. The molecule has 7 aromatic rings. The third-order valence-electron chi connectivity index (χ3n) is 12.8. The Labute approximate surface area is 410 Å². The van der Waals surface area contributed by atoms with Crippen LogP contribution in [0.3, 0.4) is 0 Å². The monoisotopic (exact) mass is 919 g/mol. The fraction of sp³-hybridized carbons (Fsp3) is 0.327. The van der Waals surface area contributed by atoms with Gasteiger partial charge in [-0.2, -0.15) is 0 Å². The van der Waals surface area contributed by atoms with Crippen molar-refractivity contribution in [2.75, 3.05) is 16.5 Å². The molecule has 2 saturated heterocycles. The van der Waals surface area contributed by atoms with Crippen LogP contribution >= 0.6 is 0 Å². The maximum atomic E-state index is 6.89. The number of aromatic nitrogens is 2. The van der Waals surface area contributed by atoms with Gasteiger partial charge in [-0.3, -0.25) is 4.57 Å². The van der Waals surface area contributed by atoms with Crippen molar-refractivity contribution in [3.05, 3.63) is 134 Å². The summed E-state index contributed by atoms with van der Waals surface area (Å²) < 4.78 is 49.7. The molecule has 0 radical (unpaired) electrons. The van der Waals surface area contributed by atoms with Crippen LogP contribution in [0.5, 0.6) is 11.5 Å². The average molecular weight is 918 g/mol. The van der Waals surface area contributed by atoms with Crippen molar-refractivity contribution in [1.29, 1.82) is 0 Å². The SMILES string of the molecule is CC(C)(C)B1OB(c2cccc(B3OB(C(C)(C)C)OB(C(C)(C)C)O3)c2N2CN(c3cccc(Oc4ccc5c6ccccc6n(-c6ccccn6)c5c4)c3)c3ccccc32)OB(C(C)(C)C)O1. The van der Waals surface area contributed by atoms with Gasteiger partial charge in [0, 0.05) is 51.4 Å². The Morgan fingerprint density at radius 1 is 0.464 bits per heavy atom. The number of benzene rings is 5. The van der Waals surface area contributed by atoms with Crippen molar-refractivity contribution in [1.82, 2.24) is 9.55 Å². The first kappa shape index (κ1) is 47.3. The molecule has 5 heterocycles. The largest absolute Gasteiger partial charge is 0.468 e. The van der Waals surface area contributed by atoms with Gasteiger partial charge in [-0.1, -0.05) is 144 Å². The van der Waals surface area contributed by atoms with E-state index in [1.807, 2.05) is 48.7 Å². The van der Waals surface area contributed by atoms with Crippen LogP contribution in [0.25, 0.3) is 27.6 Å². The van der Waals surface area contributed by atoms with E-state index in [9.17, 15) is 0 Å². The Hall–Kier alpha value is -5.40. The van der Waals surface area contributed by atoms with Crippen molar-refractivity contribution in [2.45, 2.75) is 104 Å². The van der Waals surface area contributed by atoms with E-state index < -0.39 is 42.7 Å². The topological polar surface area (TPSA) is 88.9 Å². The molecule has 69 heavy (non-hydrogen) atoms. The van der Waals surface area contributed by atoms with Crippen LogP contribution in [-0.2, 0) is 27.4 Å². The first-order chi connectivity index (χ1) is 32.7. The zero-order valence-corrected chi connectivity index (χ0v) is 42.0. The van der Waals surface area contributed by atoms with E-state index in [1.54, 1.807) is 0 Å². The first-order valence-electron chi connectivity index (χ1n) is 24.1. The molecule has 2 fully saturated rings. The summed E-state index contributed by atoms with van der Waals surface area (Å²) in [7, 11) is -3.77. The van der Waals surface area contributed by atoms with Gasteiger partial charge in [-0.15, -0.1) is 0 Å². The highest BCUT2D eigenvalue weighted by Crippen LogP contribution is 2.46. The summed E-state index contributed by atoms with van der Waals surface area (Å²) in [6.45, 7) is 26.0. The van der Waals surface area contributed by atoms with Crippen LogP contribution in [0.1, 0.15) is 83.1 Å². The molecule has 0 unspecified atom stereocenters. The molecule has 0 spiro atoms. The third kappa shape index (κ3) is 9.26. The number of rotatable bonds is 7. The predicted molar refractivity (Wildman–Crippen MR) is 286 cm³/mol. The molecule has 10 rings (SSSR count). The van der Waals surface area contributed by atoms with E-state index in [1.165, 1.54) is 0 Å². The van der Waals surface area contributed by atoms with E-state index >= 15 is 0 Å². The number of pyridine rings is 1. The van der Waals surface area contributed by atoms with Crippen LogP contribution in [0.15, 0.2) is 134 Å². The van der Waals surface area contributed by atoms with E-state index in [-0.39, 0.29) is 21.3 Å². The molecule has 11 nitrogen and oxygen atoms in total. The zero-order chi connectivity index (χ0) is 48.6. The standard InChI is InChI=1S/C52H60B6N4O7/c1-49(2,3)55-64-53(65-56(68-55)50(4,5)6)41-24-20-25-42(54-66-57(51(7,8)9)69-58(67-54)52(10,11)12)48(41)61-35-60(44-27-15-16-28-45(44)61)36-21-19-22-37(33-36)63-38-30-31-40-39-23-13-14-26-43(39)62(46(40)34-38)47-29-17-18-32-59-47/h13-34H,35H2,1-12H3. The fourth-order valence-corrected chi connectivity index (χ4v) is 9.29. The quantitative estimate of drug-likeness (QED) is 0.144. The molecule has 0 bridgehead atoms. The minimum absolute atomic E-state index is 0.344. The second-order valence-corrected chi connectivity index (χ2v) is 22.9. The Morgan fingerprint density at radius 3 is 1.54 bits per heavy atom. The Kier molecular flexibility index (Phi) is 12.2. The molecule has 3 aliphatic rings. The van der Waals surface area contributed by atoms with E-state index in [0.29, 0.717) is 12.4 Å². The average Bonchev–Trinajstić information content (AvgIpc) is 3.86. The van der Waals surface area contributed by atoms with Crippen LogP contribution in [0.4, 0.5) is 22.7 Å². The molecule has 0 amide bonds. The summed E-state index contributed by atoms with van der Waals surface area (Å²) in [5.41, 5.74) is 7.64. The Bertz CT molecular complexity index is 2890. The zero-order valence-electron chi connectivity index (χ0n) is 42.0. The van der Waals surface area contributed by atoms with Crippen LogP contribution in [-0.4, -0.2) is 58.9 Å². The number of ether oxygens (including phenoxy) is 1. The molecule has 3 aliphatic heterocycles. The van der Waals surface area contributed by atoms with Crippen molar-refractivity contribution < 1.29 is 32.2 Å². The number of fused-ring (bicyclic) bond motifs is 4. The van der Waals surface area contributed by atoms with E-state index in [0.717, 1.165) is 67.0 Å². The van der Waals surface area contributed by atoms with Crippen LogP contribution in [0.2, 0.25) is 21.3 Å². The molecule has 0 aliphatic carbocycles. The van der Waals surface area contributed by atoms with Gasteiger partial charge in [0.05, 0.1) is 22.4 Å². The van der Waals surface area contributed by atoms with Crippen molar-refractivity contribution in [3.63, 3.8) is 0 Å². The maximum Gasteiger partial charge on any atom is 0.468 e. The summed E-state index contributed by atoms with van der Waals surface area (Å²) in [5, 5.41) is 0.911. The van der Waals surface area contributed by atoms with Gasteiger partial charge >= 0.3 is 42.7 Å². The Balaban J connectivity index is 1.06. The lowest BCUT2D eigenvalue weighted by Crippen LogP contribution is -2.62. The summed E-state index contributed by atoms with van der Waals surface area (Å²) in [6, 6.07) is 43.7. The maximum absolute atomic E-state index is 6.89. The summed E-state index contributed by atoms with van der Waals surface area (Å²) in [4.78, 5) is 9.37. The van der Waals surface area contributed by atoms with Gasteiger partial charge in [0.25, 0.3) is 0 Å². The lowest BCUT2D eigenvalue weighted by Gasteiger charge is -2.43. The first-order valence-corrected chi connectivity index (χ1v) is 24.1. The number of hydrogen-bond donors (Lipinski definition) is 0. The highest BCUT2D eigenvalue weighted by molar-refractivity contribution is 6.84. The summed E-state index contributed by atoms with van der Waals surface area (Å²) >= 11 is 0. The number of anilines is 4. The second-order valence-electron chi connectivity index (χ2n) is 22.9. The minimum atomic E-state index is -0.787. The molecule has 0 N–H and O–H groups in total. The van der Waals surface area contributed by atoms with Crippen molar-refractivity contribution in [3.8, 4) is 17.3 Å². The highest BCUT2D eigenvalue weighted by atomic mass is 16.7. The molecule has 2 aromatic heterocycles. The lowest BCUT2D eigenvalue weighted by molar-refractivity contribution is 0.250. The van der Waals surface area contributed by atoms with Crippen LogP contribution in [0, 0.1) is 0 Å². The number of nitrogens with zero attached hydrogens (tertiary/aromatic N) is 4. The third-order valence-corrected chi connectivity index (χ3v) is 12.8. The molecular formula is C52H60B6N4O7. The lowest BCUT2D eigenvalue weighted by atomic mass is 9.49. The fourth-order valence-electron chi connectivity index (χ4n) is 9.29. The second kappa shape index (κ2) is 17.8. The summed E-state index contributed by atoms with van der Waals surface area (Å²) in [6.07, 6.45) is 1.83. The van der Waals surface area contributed by atoms with Crippen molar-refractivity contribution >= 4 is 98.2 Å². The van der Waals surface area contributed by atoms with Crippen molar-refractivity contribution in [2.24, 2.45) is 0 Å². The van der Waals surface area contributed by atoms with Gasteiger partial charge in [0.1, 0.15) is 24.0 Å². The molecule has 0 atom stereocenters. The highest BCUT2D eigenvalue weighted by Gasteiger charge is 2.55.